The first-order valence-corrected chi connectivity index (χ1v) is 18.9. The molecule has 0 radical (unpaired) electrons. The van der Waals surface area contributed by atoms with Crippen LogP contribution in [0.1, 0.15) is 22.3 Å². The van der Waals surface area contributed by atoms with E-state index in [9.17, 15) is 0 Å². The largest absolute Gasteiger partial charge is 0.228 e. The second-order valence-electron chi connectivity index (χ2n) is 14.5. The molecule has 2 aliphatic carbocycles. The lowest BCUT2D eigenvalue weighted by Crippen LogP contribution is -2.25. The maximum absolute atomic E-state index is 5.12. The summed E-state index contributed by atoms with van der Waals surface area (Å²) in [5.41, 5.74) is 20.0. The molecule has 55 heavy (non-hydrogen) atoms. The molecule has 0 aliphatic heterocycles. The Morgan fingerprint density at radius 3 is 1.35 bits per heavy atom. The third-order valence-corrected chi connectivity index (χ3v) is 11.5. The molecule has 0 saturated heterocycles. The Balaban J connectivity index is 1.05. The number of benzene rings is 8. The molecule has 0 saturated carbocycles. The summed E-state index contributed by atoms with van der Waals surface area (Å²) >= 11 is 0. The summed E-state index contributed by atoms with van der Waals surface area (Å²) in [5, 5.41) is 0. The van der Waals surface area contributed by atoms with E-state index in [0.717, 1.165) is 39.2 Å². The lowest BCUT2D eigenvalue weighted by atomic mass is 9.70. The van der Waals surface area contributed by atoms with Gasteiger partial charge in [-0.1, -0.05) is 188 Å². The van der Waals surface area contributed by atoms with Crippen LogP contribution < -0.4 is 0 Å². The van der Waals surface area contributed by atoms with Gasteiger partial charge in [-0.15, -0.1) is 0 Å². The van der Waals surface area contributed by atoms with E-state index in [-0.39, 0.29) is 5.41 Å². The average molecular weight is 699 g/mol. The predicted octanol–water partition coefficient (Wildman–Crippen LogP) is 13.2. The second kappa shape index (κ2) is 12.5. The zero-order valence-corrected chi connectivity index (χ0v) is 30.0. The molecule has 11 rings (SSSR count). The van der Waals surface area contributed by atoms with Crippen molar-refractivity contribution in [2.24, 2.45) is 0 Å². The molecule has 9 aromatic rings. The molecule has 2 aliphatic rings. The van der Waals surface area contributed by atoms with Crippen LogP contribution in [0, 0.1) is 0 Å². The summed E-state index contributed by atoms with van der Waals surface area (Å²) in [7, 11) is 0. The van der Waals surface area contributed by atoms with Gasteiger partial charge in [0.15, 0.2) is 5.82 Å². The highest BCUT2D eigenvalue weighted by atomic mass is 14.9. The smallest absolute Gasteiger partial charge is 0.160 e. The molecular weight excluding hydrogens is 665 g/mol. The summed E-state index contributed by atoms with van der Waals surface area (Å²) in [6.07, 6.45) is 0. The minimum atomic E-state index is -0.365. The summed E-state index contributed by atoms with van der Waals surface area (Å²) in [4.78, 5) is 10.1. The van der Waals surface area contributed by atoms with Crippen molar-refractivity contribution in [3.8, 4) is 78.4 Å². The first-order valence-electron chi connectivity index (χ1n) is 18.9. The molecule has 0 atom stereocenters. The maximum atomic E-state index is 5.12. The first-order chi connectivity index (χ1) is 27.3. The van der Waals surface area contributed by atoms with Crippen molar-refractivity contribution >= 4 is 0 Å². The summed E-state index contributed by atoms with van der Waals surface area (Å²) < 4.78 is 0. The van der Waals surface area contributed by atoms with E-state index in [4.69, 9.17) is 9.97 Å². The van der Waals surface area contributed by atoms with Crippen LogP contribution in [-0.2, 0) is 5.41 Å². The Morgan fingerprint density at radius 1 is 0.273 bits per heavy atom. The van der Waals surface area contributed by atoms with Gasteiger partial charge in [0.1, 0.15) is 0 Å². The van der Waals surface area contributed by atoms with Crippen LogP contribution in [0.5, 0.6) is 0 Å². The lowest BCUT2D eigenvalue weighted by molar-refractivity contribution is 0.794. The standard InChI is InChI=1S/C53H34N2/c1-3-16-35(17-4-1)49-34-50(55-52(54-49)36-18-5-2-6-19-36)40-23-14-21-38(33-40)37-20-13-22-39(32-37)41-27-15-31-48-51(41)44-26-9-12-30-47(44)53(48)45-28-10-7-24-42(45)43-25-8-11-29-46(43)53/h1-34H. The SMILES string of the molecule is c1ccc(-c2cc(-c3cccc(-c4cccc(-c5cccc6c5-c5ccccc5C65c6ccccc6-c6ccccc65)c4)c3)nc(-c3ccccc3)n2)cc1. The molecule has 1 aromatic heterocycles. The van der Waals surface area contributed by atoms with E-state index in [2.05, 4.69) is 182 Å². The van der Waals surface area contributed by atoms with Crippen molar-refractivity contribution in [2.75, 3.05) is 0 Å². The first kappa shape index (κ1) is 31.4. The summed E-state index contributed by atoms with van der Waals surface area (Å²) in [6.45, 7) is 0. The van der Waals surface area contributed by atoms with E-state index >= 15 is 0 Å². The number of rotatable bonds is 5. The normalized spacial score (nSPS) is 12.9. The Morgan fingerprint density at radius 2 is 0.691 bits per heavy atom. The van der Waals surface area contributed by atoms with E-state index in [1.807, 2.05) is 24.3 Å². The topological polar surface area (TPSA) is 25.8 Å². The maximum Gasteiger partial charge on any atom is 0.160 e. The van der Waals surface area contributed by atoms with Crippen LogP contribution in [-0.4, -0.2) is 9.97 Å². The fourth-order valence-electron chi connectivity index (χ4n) is 9.18. The van der Waals surface area contributed by atoms with Crippen LogP contribution >= 0.6 is 0 Å². The highest BCUT2D eigenvalue weighted by Crippen LogP contribution is 2.63. The van der Waals surface area contributed by atoms with E-state index < -0.39 is 0 Å². The van der Waals surface area contributed by atoms with Gasteiger partial charge in [0.05, 0.1) is 16.8 Å². The van der Waals surface area contributed by atoms with Gasteiger partial charge in [-0.05, 0) is 85.0 Å². The zero-order valence-electron chi connectivity index (χ0n) is 30.0. The van der Waals surface area contributed by atoms with Crippen molar-refractivity contribution < 1.29 is 0 Å². The van der Waals surface area contributed by atoms with E-state index in [1.54, 1.807) is 0 Å². The Kier molecular flexibility index (Phi) is 7.11. The number of hydrogen-bond donors (Lipinski definition) is 0. The molecule has 0 unspecified atom stereocenters. The van der Waals surface area contributed by atoms with Crippen molar-refractivity contribution in [1.29, 1.82) is 0 Å². The Bertz CT molecular complexity index is 2820. The number of fused-ring (bicyclic) bond motifs is 10. The minimum Gasteiger partial charge on any atom is -0.228 e. The third-order valence-electron chi connectivity index (χ3n) is 11.5. The molecule has 0 amide bonds. The Labute approximate surface area is 321 Å². The van der Waals surface area contributed by atoms with Gasteiger partial charge in [0, 0.05) is 16.7 Å². The van der Waals surface area contributed by atoms with E-state index in [1.165, 1.54) is 55.6 Å². The predicted molar refractivity (Wildman–Crippen MR) is 226 cm³/mol. The van der Waals surface area contributed by atoms with Gasteiger partial charge in [0.25, 0.3) is 0 Å². The molecule has 2 heteroatoms. The number of hydrogen-bond acceptors (Lipinski definition) is 2. The summed E-state index contributed by atoms with van der Waals surface area (Å²) in [6, 6.07) is 74.4. The quantitative estimate of drug-likeness (QED) is 0.179. The molecule has 256 valence electrons. The monoisotopic (exact) mass is 698 g/mol. The van der Waals surface area contributed by atoms with Crippen molar-refractivity contribution in [1.82, 2.24) is 9.97 Å². The second-order valence-corrected chi connectivity index (χ2v) is 14.5. The van der Waals surface area contributed by atoms with Crippen molar-refractivity contribution in [3.63, 3.8) is 0 Å². The van der Waals surface area contributed by atoms with Crippen LogP contribution in [0.25, 0.3) is 78.4 Å². The van der Waals surface area contributed by atoms with Crippen molar-refractivity contribution in [2.45, 2.75) is 5.41 Å². The van der Waals surface area contributed by atoms with Crippen LogP contribution in [0.15, 0.2) is 206 Å². The number of aromatic nitrogens is 2. The molecule has 2 nitrogen and oxygen atoms in total. The average Bonchev–Trinajstić information content (AvgIpc) is 3.75. The van der Waals surface area contributed by atoms with Crippen LogP contribution in [0.2, 0.25) is 0 Å². The van der Waals surface area contributed by atoms with Crippen LogP contribution in [0.4, 0.5) is 0 Å². The summed E-state index contributed by atoms with van der Waals surface area (Å²) in [5.74, 6) is 0.716. The molecule has 1 spiro atoms. The van der Waals surface area contributed by atoms with Crippen molar-refractivity contribution in [3.05, 3.63) is 229 Å². The van der Waals surface area contributed by atoms with Gasteiger partial charge in [0.2, 0.25) is 0 Å². The highest BCUT2D eigenvalue weighted by Gasteiger charge is 2.51. The van der Waals surface area contributed by atoms with Gasteiger partial charge in [-0.2, -0.15) is 0 Å². The molecule has 1 heterocycles. The van der Waals surface area contributed by atoms with Gasteiger partial charge >= 0.3 is 0 Å². The van der Waals surface area contributed by atoms with Gasteiger partial charge in [-0.25, -0.2) is 9.97 Å². The highest BCUT2D eigenvalue weighted by molar-refractivity contribution is 6.00. The van der Waals surface area contributed by atoms with Gasteiger partial charge in [-0.3, -0.25) is 0 Å². The molecule has 0 bridgehead atoms. The fraction of sp³-hybridized carbons (Fsp3) is 0.0189. The zero-order chi connectivity index (χ0) is 36.3. The molecule has 8 aromatic carbocycles. The minimum absolute atomic E-state index is 0.365. The molecule has 0 N–H and O–H groups in total. The lowest BCUT2D eigenvalue weighted by Gasteiger charge is -2.30. The number of nitrogens with zero attached hydrogens (tertiary/aromatic N) is 2. The van der Waals surface area contributed by atoms with Gasteiger partial charge < -0.3 is 0 Å². The molecular formula is C53H34N2. The molecule has 0 fully saturated rings. The Hall–Kier alpha value is -7.16. The van der Waals surface area contributed by atoms with E-state index in [0.29, 0.717) is 5.82 Å². The fourth-order valence-corrected chi connectivity index (χ4v) is 9.18. The van der Waals surface area contributed by atoms with Crippen LogP contribution in [0.3, 0.4) is 0 Å². The third kappa shape index (κ3) is 4.82.